The maximum Gasteiger partial charge on any atom is 0.410 e. The Kier molecular flexibility index (Phi) is 10.1. The van der Waals surface area contributed by atoms with Crippen LogP contribution < -0.4 is 4.74 Å². The highest BCUT2D eigenvalue weighted by atomic mass is 32.2. The quantitative estimate of drug-likeness (QED) is 0.292. The zero-order chi connectivity index (χ0) is 28.5. The van der Waals surface area contributed by atoms with Crippen molar-refractivity contribution >= 4 is 21.9 Å². The van der Waals surface area contributed by atoms with E-state index in [1.807, 2.05) is 51.1 Å². The van der Waals surface area contributed by atoms with E-state index in [-0.39, 0.29) is 22.1 Å². The Labute approximate surface area is 230 Å². The van der Waals surface area contributed by atoms with Crippen LogP contribution in [0, 0.1) is 0 Å². The lowest BCUT2D eigenvalue weighted by Crippen LogP contribution is -2.37. The lowest BCUT2D eigenvalue weighted by Gasteiger charge is -2.27. The van der Waals surface area contributed by atoms with Crippen LogP contribution in [-0.2, 0) is 37.1 Å². The first-order chi connectivity index (χ1) is 18.5. The summed E-state index contributed by atoms with van der Waals surface area (Å²) in [6.45, 7) is 7.75. The van der Waals surface area contributed by atoms with Crippen LogP contribution in [-0.4, -0.2) is 50.7 Å². The van der Waals surface area contributed by atoms with Gasteiger partial charge < -0.3 is 19.1 Å². The Bertz CT molecular complexity index is 1350. The van der Waals surface area contributed by atoms with Crippen LogP contribution in [0.2, 0.25) is 0 Å². The molecule has 3 aromatic carbocycles. The number of para-hydroxylation sites is 1. The third-order valence-corrected chi connectivity index (χ3v) is 7.37. The Hall–Kier alpha value is -3.85. The Morgan fingerprint density at radius 1 is 0.846 bits per heavy atom. The monoisotopic (exact) mass is 553 g/mol. The minimum atomic E-state index is -3.91. The summed E-state index contributed by atoms with van der Waals surface area (Å²) in [5.74, 6) is -0.509. The number of carbonyl (C=O) groups is 2. The summed E-state index contributed by atoms with van der Waals surface area (Å²) >= 11 is 0. The van der Waals surface area contributed by atoms with Gasteiger partial charge in [0.05, 0.1) is 11.5 Å². The van der Waals surface area contributed by atoms with Crippen LogP contribution in [0.3, 0.4) is 0 Å². The van der Waals surface area contributed by atoms with Gasteiger partial charge in [-0.1, -0.05) is 54.6 Å². The van der Waals surface area contributed by atoms with Crippen molar-refractivity contribution in [3.8, 4) is 5.75 Å². The average Bonchev–Trinajstić information content (AvgIpc) is 2.90. The normalized spacial score (nSPS) is 11.5. The summed E-state index contributed by atoms with van der Waals surface area (Å²) in [6, 6.07) is 22.3. The summed E-state index contributed by atoms with van der Waals surface area (Å²) in [4.78, 5) is 26.2. The molecule has 0 unspecified atom stereocenters. The summed E-state index contributed by atoms with van der Waals surface area (Å²) in [5, 5.41) is 0. The third-order valence-electron chi connectivity index (χ3n) is 5.56. The van der Waals surface area contributed by atoms with Crippen LogP contribution in [0.5, 0.6) is 5.75 Å². The van der Waals surface area contributed by atoms with E-state index in [2.05, 4.69) is 0 Å². The second-order valence-corrected chi connectivity index (χ2v) is 11.7. The van der Waals surface area contributed by atoms with E-state index in [0.29, 0.717) is 19.5 Å². The predicted octanol–water partition coefficient (Wildman–Crippen LogP) is 5.44. The molecule has 1 amide bonds. The van der Waals surface area contributed by atoms with Gasteiger partial charge in [-0.05, 0) is 69.5 Å². The molecule has 0 aliphatic heterocycles. The number of amides is 1. The van der Waals surface area contributed by atoms with Gasteiger partial charge in [0.25, 0.3) is 0 Å². The molecule has 3 aromatic rings. The van der Waals surface area contributed by atoms with Crippen molar-refractivity contribution in [3.05, 3.63) is 90.0 Å². The van der Waals surface area contributed by atoms with E-state index < -0.39 is 34.1 Å². The summed E-state index contributed by atoms with van der Waals surface area (Å²) in [5.41, 5.74) is 1.22. The lowest BCUT2D eigenvalue weighted by molar-refractivity contribution is -0.145. The minimum absolute atomic E-state index is 0.0407. The van der Waals surface area contributed by atoms with Crippen molar-refractivity contribution in [1.29, 1.82) is 0 Å². The molecule has 0 saturated carbocycles. The standard InChI is InChI=1S/C30H35NO7S/c1-5-36-28(32)22-37-26-13-9-10-14-27(26)39(34,35)25-17-15-23(16-18-25)19-20-31(29(33)38-30(2,3)4)21-24-11-7-6-8-12-24/h6-18H,5,19-22H2,1-4H3. The molecule has 0 aliphatic carbocycles. The number of rotatable bonds is 11. The Morgan fingerprint density at radius 3 is 2.13 bits per heavy atom. The van der Waals surface area contributed by atoms with Crippen LogP contribution in [0.1, 0.15) is 38.8 Å². The fraction of sp³-hybridized carbons (Fsp3) is 0.333. The van der Waals surface area contributed by atoms with Gasteiger partial charge in [0.1, 0.15) is 16.2 Å². The van der Waals surface area contributed by atoms with Gasteiger partial charge in [0, 0.05) is 13.1 Å². The second-order valence-electron chi connectivity index (χ2n) is 9.83. The van der Waals surface area contributed by atoms with Gasteiger partial charge in [0.15, 0.2) is 6.61 Å². The summed E-state index contributed by atoms with van der Waals surface area (Å²) in [6.07, 6.45) is 0.0935. The highest BCUT2D eigenvalue weighted by Crippen LogP contribution is 2.29. The molecular formula is C30H35NO7S. The Balaban J connectivity index is 1.73. The number of nitrogens with zero attached hydrogens (tertiary/aromatic N) is 1. The third kappa shape index (κ3) is 8.85. The maximum absolute atomic E-state index is 13.4. The van der Waals surface area contributed by atoms with Gasteiger partial charge in [-0.25, -0.2) is 18.0 Å². The fourth-order valence-electron chi connectivity index (χ4n) is 3.72. The summed E-state index contributed by atoms with van der Waals surface area (Å²) < 4.78 is 42.6. The molecule has 8 nitrogen and oxygen atoms in total. The van der Waals surface area contributed by atoms with Crippen LogP contribution in [0.4, 0.5) is 4.79 Å². The van der Waals surface area contributed by atoms with Crippen LogP contribution in [0.25, 0.3) is 0 Å². The highest BCUT2D eigenvalue weighted by Gasteiger charge is 2.24. The average molecular weight is 554 g/mol. The van der Waals surface area contributed by atoms with Crippen molar-refractivity contribution in [2.75, 3.05) is 19.8 Å². The molecule has 0 spiro atoms. The number of carbonyl (C=O) groups excluding carboxylic acids is 2. The van der Waals surface area contributed by atoms with E-state index in [0.717, 1.165) is 11.1 Å². The number of sulfone groups is 1. The molecule has 9 heteroatoms. The number of esters is 1. The zero-order valence-electron chi connectivity index (χ0n) is 22.8. The SMILES string of the molecule is CCOC(=O)COc1ccccc1S(=O)(=O)c1ccc(CCN(Cc2ccccc2)C(=O)OC(C)(C)C)cc1. The van der Waals surface area contributed by atoms with Crippen molar-refractivity contribution in [1.82, 2.24) is 4.90 Å². The van der Waals surface area contributed by atoms with E-state index in [1.165, 1.54) is 24.3 Å². The molecule has 0 aromatic heterocycles. The van der Waals surface area contributed by atoms with Gasteiger partial charge >= 0.3 is 12.1 Å². The smallest absolute Gasteiger partial charge is 0.410 e. The molecule has 3 rings (SSSR count). The van der Waals surface area contributed by atoms with E-state index in [9.17, 15) is 18.0 Å². The van der Waals surface area contributed by atoms with Crippen molar-refractivity contribution < 1.29 is 32.2 Å². The van der Waals surface area contributed by atoms with E-state index in [4.69, 9.17) is 14.2 Å². The molecule has 0 saturated heterocycles. The van der Waals surface area contributed by atoms with Gasteiger partial charge in [0.2, 0.25) is 9.84 Å². The molecule has 0 fully saturated rings. The number of hydrogen-bond acceptors (Lipinski definition) is 7. The molecule has 0 radical (unpaired) electrons. The molecule has 0 N–H and O–H groups in total. The van der Waals surface area contributed by atoms with Crippen LogP contribution >= 0.6 is 0 Å². The predicted molar refractivity (Wildman–Crippen MR) is 147 cm³/mol. The highest BCUT2D eigenvalue weighted by molar-refractivity contribution is 7.91. The molecule has 39 heavy (non-hydrogen) atoms. The maximum atomic E-state index is 13.4. The second kappa shape index (κ2) is 13.3. The minimum Gasteiger partial charge on any atom is -0.481 e. The van der Waals surface area contributed by atoms with E-state index >= 15 is 0 Å². The van der Waals surface area contributed by atoms with Gasteiger partial charge in [-0.3, -0.25) is 0 Å². The number of ether oxygens (including phenoxy) is 3. The zero-order valence-corrected chi connectivity index (χ0v) is 23.6. The number of hydrogen-bond donors (Lipinski definition) is 0. The molecule has 0 aliphatic rings. The van der Waals surface area contributed by atoms with Crippen LogP contribution in [0.15, 0.2) is 88.7 Å². The molecular weight excluding hydrogens is 518 g/mol. The Morgan fingerprint density at radius 2 is 1.49 bits per heavy atom. The lowest BCUT2D eigenvalue weighted by atomic mass is 10.1. The van der Waals surface area contributed by atoms with Crippen molar-refractivity contribution in [3.63, 3.8) is 0 Å². The van der Waals surface area contributed by atoms with Gasteiger partial charge in [-0.15, -0.1) is 0 Å². The first-order valence-corrected chi connectivity index (χ1v) is 14.2. The fourth-order valence-corrected chi connectivity index (χ4v) is 5.12. The molecule has 0 heterocycles. The van der Waals surface area contributed by atoms with Gasteiger partial charge in [-0.2, -0.15) is 0 Å². The largest absolute Gasteiger partial charge is 0.481 e. The molecule has 0 atom stereocenters. The topological polar surface area (TPSA) is 99.2 Å². The van der Waals surface area contributed by atoms with E-state index in [1.54, 1.807) is 36.1 Å². The van der Waals surface area contributed by atoms with Crippen molar-refractivity contribution in [2.24, 2.45) is 0 Å². The van der Waals surface area contributed by atoms with Crippen molar-refractivity contribution in [2.45, 2.75) is 56.1 Å². The molecule has 208 valence electrons. The summed E-state index contributed by atoms with van der Waals surface area (Å²) in [7, 11) is -3.91. The first kappa shape index (κ1) is 29.7. The number of benzene rings is 3. The first-order valence-electron chi connectivity index (χ1n) is 12.7. The molecule has 0 bridgehead atoms.